The van der Waals surface area contributed by atoms with Crippen LogP contribution in [-0.2, 0) is 14.4 Å². The molecule has 2 fully saturated rings. The largest absolute Gasteiger partial charge is 0.481 e. The summed E-state index contributed by atoms with van der Waals surface area (Å²) >= 11 is 0. The number of aliphatic carboxylic acids is 1. The van der Waals surface area contributed by atoms with Crippen LogP contribution in [0.25, 0.3) is 0 Å². The number of carboxylic acids is 1. The molecule has 2 saturated carbocycles. The summed E-state index contributed by atoms with van der Waals surface area (Å²) < 4.78 is 0. The van der Waals surface area contributed by atoms with Crippen molar-refractivity contribution in [1.82, 2.24) is 0 Å². The second kappa shape index (κ2) is 8.76. The van der Waals surface area contributed by atoms with Crippen LogP contribution in [0.3, 0.4) is 0 Å². The van der Waals surface area contributed by atoms with Crippen LogP contribution >= 0.6 is 0 Å². The molecule has 0 spiro atoms. The number of fused-ring (bicyclic) bond motifs is 4. The van der Waals surface area contributed by atoms with E-state index in [9.17, 15) is 29.7 Å². The molecule has 0 aromatic heterocycles. The second-order valence-electron chi connectivity index (χ2n) is 14.0. The molecule has 0 bridgehead atoms. The summed E-state index contributed by atoms with van der Waals surface area (Å²) in [6.45, 7) is 14.3. The maximum Gasteiger partial charge on any atom is 0.306 e. The molecular formula is C30H46O6. The second-order valence-corrected chi connectivity index (χ2v) is 14.0. The first kappa shape index (κ1) is 27.5. The van der Waals surface area contributed by atoms with Crippen LogP contribution in [0.2, 0.25) is 0 Å². The lowest BCUT2D eigenvalue weighted by molar-refractivity contribution is -0.143. The fraction of sp³-hybridized carbons (Fsp3) is 0.833. The number of ketones is 2. The van der Waals surface area contributed by atoms with Crippen LogP contribution in [-0.4, -0.2) is 45.1 Å². The molecule has 202 valence electrons. The molecule has 4 aliphatic rings. The third kappa shape index (κ3) is 3.68. The van der Waals surface area contributed by atoms with Crippen molar-refractivity contribution in [3.8, 4) is 0 Å². The van der Waals surface area contributed by atoms with Gasteiger partial charge >= 0.3 is 5.97 Å². The Hall–Kier alpha value is -1.53. The van der Waals surface area contributed by atoms with Gasteiger partial charge in [0.15, 0.2) is 5.78 Å². The van der Waals surface area contributed by atoms with Gasteiger partial charge in [0.2, 0.25) is 0 Å². The number of aliphatic hydroxyl groups is 2. The van der Waals surface area contributed by atoms with E-state index in [0.29, 0.717) is 19.3 Å². The molecule has 6 heteroatoms. The molecule has 0 aromatic carbocycles. The molecule has 9 atom stereocenters. The topological polar surface area (TPSA) is 112 Å². The summed E-state index contributed by atoms with van der Waals surface area (Å²) in [6.07, 6.45) is 3.34. The Morgan fingerprint density at radius 2 is 1.64 bits per heavy atom. The first-order chi connectivity index (χ1) is 16.5. The Labute approximate surface area is 215 Å². The SMILES string of the molecule is C[C@H](CC(=O)C[C@H](C)[C@H]1C[C@H](O)[C@@]2(C)C3=C(C(=O)C[C@]12C)[C@@]1(C)CC[C@H](O)C(C)(C)[C@@H]1CC3)C(=O)O. The van der Waals surface area contributed by atoms with E-state index in [1.54, 1.807) is 6.92 Å². The summed E-state index contributed by atoms with van der Waals surface area (Å²) in [7, 11) is 0. The van der Waals surface area contributed by atoms with Crippen LogP contribution in [0.5, 0.6) is 0 Å². The third-order valence-corrected chi connectivity index (χ3v) is 11.8. The summed E-state index contributed by atoms with van der Waals surface area (Å²) in [5.74, 6) is -1.40. The van der Waals surface area contributed by atoms with E-state index in [4.69, 9.17) is 0 Å². The highest BCUT2D eigenvalue weighted by Gasteiger charge is 2.68. The van der Waals surface area contributed by atoms with Gasteiger partial charge in [-0.3, -0.25) is 14.4 Å². The monoisotopic (exact) mass is 502 g/mol. The molecule has 6 nitrogen and oxygen atoms in total. The highest BCUT2D eigenvalue weighted by atomic mass is 16.4. The number of hydrogen-bond donors (Lipinski definition) is 3. The number of carbonyl (C=O) groups is 3. The smallest absolute Gasteiger partial charge is 0.306 e. The molecule has 3 N–H and O–H groups in total. The highest BCUT2D eigenvalue weighted by molar-refractivity contribution is 6.00. The summed E-state index contributed by atoms with van der Waals surface area (Å²) in [4.78, 5) is 38.0. The van der Waals surface area contributed by atoms with Gasteiger partial charge in [-0.05, 0) is 66.1 Å². The van der Waals surface area contributed by atoms with E-state index < -0.39 is 28.8 Å². The first-order valence-electron chi connectivity index (χ1n) is 13.9. The van der Waals surface area contributed by atoms with Crippen molar-refractivity contribution in [3.63, 3.8) is 0 Å². The van der Waals surface area contributed by atoms with E-state index in [1.165, 1.54) is 0 Å². The van der Waals surface area contributed by atoms with E-state index >= 15 is 0 Å². The van der Waals surface area contributed by atoms with Crippen molar-refractivity contribution < 1.29 is 29.7 Å². The molecule has 0 amide bonds. The Morgan fingerprint density at radius 3 is 2.25 bits per heavy atom. The maximum atomic E-state index is 14.1. The number of carbonyl (C=O) groups excluding carboxylic acids is 2. The van der Waals surface area contributed by atoms with E-state index in [0.717, 1.165) is 30.4 Å². The number of allylic oxidation sites excluding steroid dienone is 1. The van der Waals surface area contributed by atoms with E-state index in [2.05, 4.69) is 34.6 Å². The summed E-state index contributed by atoms with van der Waals surface area (Å²) in [5.41, 5.74) is 0.474. The maximum absolute atomic E-state index is 14.1. The highest BCUT2D eigenvalue weighted by Crippen LogP contribution is 2.71. The van der Waals surface area contributed by atoms with Crippen molar-refractivity contribution in [2.24, 2.45) is 45.3 Å². The number of Topliss-reactive ketones (excluding diaryl/α,β-unsaturated/α-hetero) is 2. The van der Waals surface area contributed by atoms with Crippen molar-refractivity contribution in [3.05, 3.63) is 11.1 Å². The normalized spacial score (nSPS) is 43.3. The fourth-order valence-electron chi connectivity index (χ4n) is 9.45. The zero-order valence-electron chi connectivity index (χ0n) is 23.2. The molecule has 36 heavy (non-hydrogen) atoms. The average Bonchev–Trinajstić information content (AvgIpc) is 2.97. The van der Waals surface area contributed by atoms with Gasteiger partial charge in [-0.2, -0.15) is 0 Å². The zero-order valence-corrected chi connectivity index (χ0v) is 23.2. The lowest BCUT2D eigenvalue weighted by atomic mass is 9.43. The van der Waals surface area contributed by atoms with Crippen molar-refractivity contribution in [2.75, 3.05) is 0 Å². The fourth-order valence-corrected chi connectivity index (χ4v) is 9.45. The predicted molar refractivity (Wildman–Crippen MR) is 137 cm³/mol. The molecule has 4 rings (SSSR count). The van der Waals surface area contributed by atoms with Crippen LogP contribution in [0.4, 0.5) is 0 Å². The van der Waals surface area contributed by atoms with E-state index in [-0.39, 0.29) is 59.1 Å². The van der Waals surface area contributed by atoms with Gasteiger partial charge < -0.3 is 15.3 Å². The minimum absolute atomic E-state index is 0.00488. The van der Waals surface area contributed by atoms with Gasteiger partial charge in [0.1, 0.15) is 5.78 Å². The Bertz CT molecular complexity index is 995. The van der Waals surface area contributed by atoms with E-state index in [1.807, 2.05) is 6.92 Å². The Balaban J connectivity index is 1.69. The van der Waals surface area contributed by atoms with Crippen molar-refractivity contribution >= 4 is 17.5 Å². The van der Waals surface area contributed by atoms with Crippen molar-refractivity contribution in [2.45, 2.75) is 112 Å². The molecule has 0 radical (unpaired) electrons. The number of rotatable bonds is 6. The molecule has 0 unspecified atom stereocenters. The number of carboxylic acid groups (broad SMARTS) is 1. The standard InChI is InChI=1S/C30H46O6/c1-16(12-18(31)13-17(2)26(35)36)20-14-24(34)30(7)19-8-9-22-27(3,4)23(33)10-11-28(22,5)25(19)21(32)15-29(20,30)6/h16-17,20,22-24,33-34H,8-15H2,1-7H3,(H,35,36)/t16-,17+,20+,22-,23-,24-,28-,29+,30+/m0/s1. The predicted octanol–water partition coefficient (Wildman–Crippen LogP) is 4.95. The number of hydrogen-bond acceptors (Lipinski definition) is 5. The van der Waals surface area contributed by atoms with Crippen LogP contribution in [0.1, 0.15) is 99.8 Å². The lowest BCUT2D eigenvalue weighted by Crippen LogP contribution is -2.58. The minimum atomic E-state index is -0.966. The molecule has 0 aliphatic heterocycles. The summed E-state index contributed by atoms with van der Waals surface area (Å²) in [6, 6.07) is 0. The minimum Gasteiger partial charge on any atom is -0.481 e. The van der Waals surface area contributed by atoms with Gasteiger partial charge in [-0.15, -0.1) is 0 Å². The zero-order chi connectivity index (χ0) is 27.0. The first-order valence-corrected chi connectivity index (χ1v) is 13.9. The quantitative estimate of drug-likeness (QED) is 0.474. The molecule has 0 saturated heterocycles. The van der Waals surface area contributed by atoms with Gasteiger partial charge in [0, 0.05) is 30.3 Å². The van der Waals surface area contributed by atoms with Crippen molar-refractivity contribution in [1.29, 1.82) is 0 Å². The molecule has 0 aromatic rings. The van der Waals surface area contributed by atoms with Gasteiger partial charge in [0.05, 0.1) is 18.1 Å². The van der Waals surface area contributed by atoms with Crippen LogP contribution in [0, 0.1) is 45.3 Å². The number of aliphatic hydroxyl groups excluding tert-OH is 2. The van der Waals surface area contributed by atoms with Crippen LogP contribution < -0.4 is 0 Å². The average molecular weight is 503 g/mol. The third-order valence-electron chi connectivity index (χ3n) is 11.8. The van der Waals surface area contributed by atoms with Crippen LogP contribution in [0.15, 0.2) is 11.1 Å². The summed E-state index contributed by atoms with van der Waals surface area (Å²) in [5, 5.41) is 31.6. The molecule has 0 heterocycles. The Kier molecular flexibility index (Phi) is 6.69. The molecule has 4 aliphatic carbocycles. The van der Waals surface area contributed by atoms with Gasteiger partial charge in [0.25, 0.3) is 0 Å². The molecular weight excluding hydrogens is 456 g/mol. The Morgan fingerprint density at radius 1 is 1.00 bits per heavy atom. The van der Waals surface area contributed by atoms with Gasteiger partial charge in [-0.25, -0.2) is 0 Å². The van der Waals surface area contributed by atoms with Gasteiger partial charge in [-0.1, -0.05) is 54.0 Å². The lowest BCUT2D eigenvalue weighted by Gasteiger charge is -2.61.